The molecule has 0 amide bonds. The Morgan fingerprint density at radius 3 is 2.93 bits per heavy atom. The van der Waals surface area contributed by atoms with Crippen LogP contribution in [0.2, 0.25) is 0 Å². The molecule has 3 nitrogen and oxygen atoms in total. The minimum atomic E-state index is 0.0258. The molecule has 80 valence electrons. The number of hydrogen-bond acceptors (Lipinski definition) is 3. The smallest absolute Gasteiger partial charge is 0.308 e. The lowest BCUT2D eigenvalue weighted by atomic mass is 10.3. The molecule has 0 atom stereocenters. The van der Waals surface area contributed by atoms with Crippen molar-refractivity contribution in [1.29, 1.82) is 0 Å². The van der Waals surface area contributed by atoms with Crippen molar-refractivity contribution in [3.8, 4) is 5.75 Å². The standard InChI is InChI=1S/C10H10BrNO2S/c1-3-14-7-5-4-6(11)8-9(7)15-10(13)12(8)2/h4-5H,3H2,1-2H3. The molecule has 5 heteroatoms. The van der Waals surface area contributed by atoms with Crippen LogP contribution in [0.3, 0.4) is 0 Å². The summed E-state index contributed by atoms with van der Waals surface area (Å²) in [5, 5.41) is 0. The second-order valence-corrected chi connectivity index (χ2v) is 4.90. The number of nitrogens with zero attached hydrogens (tertiary/aromatic N) is 1. The Morgan fingerprint density at radius 2 is 2.27 bits per heavy atom. The fourth-order valence-electron chi connectivity index (χ4n) is 1.46. The van der Waals surface area contributed by atoms with E-state index in [1.54, 1.807) is 11.6 Å². The first-order valence-electron chi connectivity index (χ1n) is 4.56. The molecule has 0 aliphatic carbocycles. The van der Waals surface area contributed by atoms with E-state index >= 15 is 0 Å². The fourth-order valence-corrected chi connectivity index (χ4v) is 3.16. The van der Waals surface area contributed by atoms with E-state index < -0.39 is 0 Å². The lowest BCUT2D eigenvalue weighted by molar-refractivity contribution is 0.345. The van der Waals surface area contributed by atoms with Crippen LogP contribution in [0.4, 0.5) is 0 Å². The molecule has 0 N–H and O–H groups in total. The van der Waals surface area contributed by atoms with Gasteiger partial charge in [-0.25, -0.2) is 0 Å². The summed E-state index contributed by atoms with van der Waals surface area (Å²) in [4.78, 5) is 11.6. The summed E-state index contributed by atoms with van der Waals surface area (Å²) in [5.74, 6) is 0.776. The summed E-state index contributed by atoms with van der Waals surface area (Å²) >= 11 is 4.65. The van der Waals surface area contributed by atoms with Crippen molar-refractivity contribution in [3.63, 3.8) is 0 Å². The van der Waals surface area contributed by atoms with Crippen molar-refractivity contribution in [3.05, 3.63) is 26.3 Å². The normalized spacial score (nSPS) is 10.9. The molecule has 2 rings (SSSR count). The second kappa shape index (κ2) is 3.98. The van der Waals surface area contributed by atoms with Gasteiger partial charge in [0.2, 0.25) is 0 Å². The molecular formula is C10H10BrNO2S. The molecule has 0 aliphatic rings. The van der Waals surface area contributed by atoms with Gasteiger partial charge in [0.15, 0.2) is 0 Å². The van der Waals surface area contributed by atoms with Gasteiger partial charge in [0, 0.05) is 11.5 Å². The maximum Gasteiger partial charge on any atom is 0.308 e. The summed E-state index contributed by atoms with van der Waals surface area (Å²) in [5.41, 5.74) is 0.899. The zero-order chi connectivity index (χ0) is 11.0. The van der Waals surface area contributed by atoms with Gasteiger partial charge in [0.05, 0.1) is 16.8 Å². The van der Waals surface area contributed by atoms with Crippen molar-refractivity contribution in [2.24, 2.45) is 7.05 Å². The highest BCUT2D eigenvalue weighted by Crippen LogP contribution is 2.33. The summed E-state index contributed by atoms with van der Waals surface area (Å²) in [6.07, 6.45) is 0. The van der Waals surface area contributed by atoms with Gasteiger partial charge < -0.3 is 9.30 Å². The third kappa shape index (κ3) is 1.70. The van der Waals surface area contributed by atoms with Gasteiger partial charge in [-0.2, -0.15) is 0 Å². The van der Waals surface area contributed by atoms with Crippen LogP contribution in [0, 0.1) is 0 Å². The van der Waals surface area contributed by atoms with Crippen LogP contribution >= 0.6 is 27.3 Å². The summed E-state index contributed by atoms with van der Waals surface area (Å²) < 4.78 is 8.93. The first kappa shape index (κ1) is 10.7. The van der Waals surface area contributed by atoms with E-state index in [1.807, 2.05) is 19.1 Å². The van der Waals surface area contributed by atoms with Crippen LogP contribution in [-0.4, -0.2) is 11.2 Å². The predicted octanol–water partition coefficient (Wildman–Crippen LogP) is 2.76. The third-order valence-electron chi connectivity index (χ3n) is 2.14. The van der Waals surface area contributed by atoms with Crippen molar-refractivity contribution in [1.82, 2.24) is 4.57 Å². The Bertz CT molecular complexity index is 558. The van der Waals surface area contributed by atoms with Crippen LogP contribution in [0.25, 0.3) is 10.2 Å². The lowest BCUT2D eigenvalue weighted by Gasteiger charge is -2.05. The molecule has 0 aliphatic heterocycles. The van der Waals surface area contributed by atoms with E-state index in [-0.39, 0.29) is 4.87 Å². The second-order valence-electron chi connectivity index (χ2n) is 3.08. The molecule has 0 unspecified atom stereocenters. The minimum Gasteiger partial charge on any atom is -0.492 e. The lowest BCUT2D eigenvalue weighted by Crippen LogP contribution is -2.06. The van der Waals surface area contributed by atoms with Crippen LogP contribution in [0.15, 0.2) is 21.4 Å². The summed E-state index contributed by atoms with van der Waals surface area (Å²) in [7, 11) is 1.77. The van der Waals surface area contributed by atoms with E-state index in [0.29, 0.717) is 6.61 Å². The van der Waals surface area contributed by atoms with E-state index in [2.05, 4.69) is 15.9 Å². The molecule has 0 fully saturated rings. The number of hydrogen-bond donors (Lipinski definition) is 0. The maximum atomic E-state index is 11.6. The van der Waals surface area contributed by atoms with E-state index in [9.17, 15) is 4.79 Å². The number of aromatic nitrogens is 1. The number of thiazole rings is 1. The number of aryl methyl sites for hydroxylation is 1. The highest BCUT2D eigenvalue weighted by atomic mass is 79.9. The Kier molecular flexibility index (Phi) is 2.84. The number of rotatable bonds is 2. The number of benzene rings is 1. The first-order valence-corrected chi connectivity index (χ1v) is 6.17. The molecule has 0 saturated carbocycles. The summed E-state index contributed by atoms with van der Waals surface area (Å²) in [6.45, 7) is 2.53. The molecular weight excluding hydrogens is 278 g/mol. The monoisotopic (exact) mass is 287 g/mol. The Labute approximate surface area is 99.4 Å². The zero-order valence-corrected chi connectivity index (χ0v) is 10.8. The fraction of sp³-hybridized carbons (Fsp3) is 0.300. The number of ether oxygens (including phenoxy) is 1. The summed E-state index contributed by atoms with van der Waals surface area (Å²) in [6, 6.07) is 3.78. The average molecular weight is 288 g/mol. The van der Waals surface area contributed by atoms with Gasteiger partial charge >= 0.3 is 4.87 Å². The molecule has 0 spiro atoms. The minimum absolute atomic E-state index is 0.0258. The Hall–Kier alpha value is -0.810. The molecule has 1 aromatic carbocycles. The van der Waals surface area contributed by atoms with E-state index in [0.717, 1.165) is 20.4 Å². The number of fused-ring (bicyclic) bond motifs is 1. The first-order chi connectivity index (χ1) is 7.15. The van der Waals surface area contributed by atoms with Crippen molar-refractivity contribution in [2.45, 2.75) is 6.92 Å². The van der Waals surface area contributed by atoms with Crippen molar-refractivity contribution < 1.29 is 4.74 Å². The Balaban J connectivity index is 2.82. The number of halogens is 1. The van der Waals surface area contributed by atoms with Gasteiger partial charge in [-0.3, -0.25) is 4.79 Å². The molecule has 0 radical (unpaired) electrons. The van der Waals surface area contributed by atoms with E-state index in [1.165, 1.54) is 11.3 Å². The van der Waals surface area contributed by atoms with Crippen molar-refractivity contribution in [2.75, 3.05) is 6.61 Å². The predicted molar refractivity (Wildman–Crippen MR) is 65.9 cm³/mol. The van der Waals surface area contributed by atoms with Crippen molar-refractivity contribution >= 4 is 37.5 Å². The average Bonchev–Trinajstić information content (AvgIpc) is 2.50. The van der Waals surface area contributed by atoms with E-state index in [4.69, 9.17) is 4.74 Å². The highest BCUT2D eigenvalue weighted by Gasteiger charge is 2.12. The molecule has 15 heavy (non-hydrogen) atoms. The van der Waals surface area contributed by atoms with Gasteiger partial charge in [0.25, 0.3) is 0 Å². The van der Waals surface area contributed by atoms with Crippen LogP contribution < -0.4 is 9.61 Å². The quantitative estimate of drug-likeness (QED) is 0.851. The van der Waals surface area contributed by atoms with Gasteiger partial charge in [-0.15, -0.1) is 0 Å². The van der Waals surface area contributed by atoms with Gasteiger partial charge in [-0.05, 0) is 35.0 Å². The highest BCUT2D eigenvalue weighted by molar-refractivity contribution is 9.10. The molecule has 0 bridgehead atoms. The maximum absolute atomic E-state index is 11.6. The van der Waals surface area contributed by atoms with Crippen LogP contribution in [0.1, 0.15) is 6.92 Å². The zero-order valence-electron chi connectivity index (χ0n) is 8.41. The molecule has 1 heterocycles. The molecule has 1 aromatic heterocycles. The van der Waals surface area contributed by atoms with Crippen LogP contribution in [0.5, 0.6) is 5.75 Å². The third-order valence-corrected chi connectivity index (χ3v) is 3.83. The SMILES string of the molecule is CCOc1ccc(Br)c2c1sc(=O)n2C. The molecule has 2 aromatic rings. The van der Waals surface area contributed by atoms with Gasteiger partial charge in [0.1, 0.15) is 5.75 Å². The van der Waals surface area contributed by atoms with Crippen LogP contribution in [-0.2, 0) is 7.05 Å². The molecule has 0 saturated heterocycles. The topological polar surface area (TPSA) is 31.2 Å². The largest absolute Gasteiger partial charge is 0.492 e. The Morgan fingerprint density at radius 1 is 1.53 bits per heavy atom. The van der Waals surface area contributed by atoms with Gasteiger partial charge in [-0.1, -0.05) is 11.3 Å².